The summed E-state index contributed by atoms with van der Waals surface area (Å²) in [5, 5.41) is 5.60. The predicted molar refractivity (Wildman–Crippen MR) is 95.8 cm³/mol. The number of para-hydroxylation sites is 2. The molecule has 1 amide bonds. The summed E-state index contributed by atoms with van der Waals surface area (Å²) >= 11 is 0. The van der Waals surface area contributed by atoms with E-state index < -0.39 is 35.5 Å². The molecule has 0 aliphatic carbocycles. The zero-order valence-electron chi connectivity index (χ0n) is 15.6. The molecule has 0 unspecified atom stereocenters. The quantitative estimate of drug-likeness (QED) is 0.536. The summed E-state index contributed by atoms with van der Waals surface area (Å²) in [5.74, 6) is -1.37. The van der Waals surface area contributed by atoms with Crippen molar-refractivity contribution in [3.8, 4) is 17.2 Å². The Kier molecular flexibility index (Phi) is 5.82. The molecule has 1 aromatic heterocycles. The summed E-state index contributed by atoms with van der Waals surface area (Å²) < 4.78 is 86.2. The number of halogens is 6. The van der Waals surface area contributed by atoms with Gasteiger partial charge >= 0.3 is 12.5 Å². The molecule has 0 fully saturated rings. The maximum atomic E-state index is 13.1. The third-order valence-electron chi connectivity index (χ3n) is 3.76. The Bertz CT molecular complexity index is 1070. The number of ether oxygens (including phenoxy) is 2. The van der Waals surface area contributed by atoms with Crippen molar-refractivity contribution in [1.29, 1.82) is 0 Å². The number of benzene rings is 2. The van der Waals surface area contributed by atoms with Gasteiger partial charge in [0.15, 0.2) is 11.4 Å². The van der Waals surface area contributed by atoms with E-state index in [1.807, 2.05) is 0 Å². The van der Waals surface area contributed by atoms with Crippen LogP contribution in [-0.2, 0) is 13.2 Å². The number of nitrogens with zero attached hydrogens (tertiary/aromatic N) is 2. The van der Waals surface area contributed by atoms with Crippen LogP contribution in [0.4, 0.5) is 32.0 Å². The van der Waals surface area contributed by atoms with Crippen LogP contribution in [0, 0.1) is 0 Å². The smallest absolute Gasteiger partial charge is 0.455 e. The van der Waals surface area contributed by atoms with E-state index in [0.29, 0.717) is 0 Å². The van der Waals surface area contributed by atoms with E-state index >= 15 is 0 Å². The van der Waals surface area contributed by atoms with Crippen molar-refractivity contribution >= 4 is 11.6 Å². The second-order valence-corrected chi connectivity index (χ2v) is 6.13. The Morgan fingerprint density at radius 3 is 2.19 bits per heavy atom. The fourth-order valence-electron chi connectivity index (χ4n) is 2.55. The van der Waals surface area contributed by atoms with Gasteiger partial charge < -0.3 is 14.8 Å². The van der Waals surface area contributed by atoms with Crippen molar-refractivity contribution in [2.24, 2.45) is 7.05 Å². The lowest BCUT2D eigenvalue weighted by Gasteiger charge is -2.13. The fourth-order valence-corrected chi connectivity index (χ4v) is 2.55. The molecule has 0 radical (unpaired) electrons. The maximum Gasteiger partial charge on any atom is 0.573 e. The molecular formula is C19H13F6N3O3. The number of hydrogen-bond donors (Lipinski definition) is 1. The monoisotopic (exact) mass is 445 g/mol. The van der Waals surface area contributed by atoms with Crippen LogP contribution >= 0.6 is 0 Å². The first-order valence-corrected chi connectivity index (χ1v) is 8.47. The van der Waals surface area contributed by atoms with Gasteiger partial charge in [0, 0.05) is 13.2 Å². The molecule has 2 aromatic carbocycles. The van der Waals surface area contributed by atoms with Gasteiger partial charge in [0.05, 0.1) is 11.3 Å². The third kappa shape index (κ3) is 5.68. The number of nitrogens with one attached hydrogen (secondary N) is 1. The number of amides is 1. The number of anilines is 1. The van der Waals surface area contributed by atoms with Crippen molar-refractivity contribution in [1.82, 2.24) is 9.78 Å². The minimum atomic E-state index is -4.85. The molecule has 6 nitrogen and oxygen atoms in total. The number of aromatic nitrogens is 2. The summed E-state index contributed by atoms with van der Waals surface area (Å²) in [6.07, 6.45) is -8.74. The lowest BCUT2D eigenvalue weighted by atomic mass is 10.2. The van der Waals surface area contributed by atoms with Crippen LogP contribution in [0.25, 0.3) is 0 Å². The standard InChI is InChI=1S/C19H13F6N3O3/c1-28-10-13(16(27-28)18(20,21)22)17(29)26-14-4-2-3-5-15(14)30-11-6-8-12(9-7-11)31-19(23,24)25/h2-10H,1H3,(H,26,29). The van der Waals surface area contributed by atoms with Crippen LogP contribution in [0.1, 0.15) is 16.1 Å². The van der Waals surface area contributed by atoms with Gasteiger partial charge in [-0.2, -0.15) is 18.3 Å². The van der Waals surface area contributed by atoms with Crippen molar-refractivity contribution in [3.05, 3.63) is 66.0 Å². The first-order chi connectivity index (χ1) is 14.4. The Morgan fingerprint density at radius 2 is 1.58 bits per heavy atom. The minimum absolute atomic E-state index is 0.0418. The topological polar surface area (TPSA) is 65.4 Å². The summed E-state index contributed by atoms with van der Waals surface area (Å²) in [4.78, 5) is 12.4. The van der Waals surface area contributed by atoms with Gasteiger partial charge in [-0.15, -0.1) is 13.2 Å². The molecule has 31 heavy (non-hydrogen) atoms. The summed E-state index contributed by atoms with van der Waals surface area (Å²) in [7, 11) is 1.25. The largest absolute Gasteiger partial charge is 0.573 e. The Labute approximate surface area is 171 Å². The number of carbonyl (C=O) groups excluding carboxylic acids is 1. The molecule has 0 aliphatic heterocycles. The van der Waals surface area contributed by atoms with E-state index in [2.05, 4.69) is 15.2 Å². The van der Waals surface area contributed by atoms with E-state index in [1.54, 1.807) is 0 Å². The number of carbonyl (C=O) groups is 1. The molecule has 12 heteroatoms. The highest BCUT2D eigenvalue weighted by molar-refractivity contribution is 6.05. The van der Waals surface area contributed by atoms with E-state index in [0.717, 1.165) is 23.0 Å². The first kappa shape index (κ1) is 22.0. The van der Waals surface area contributed by atoms with Crippen molar-refractivity contribution in [2.45, 2.75) is 12.5 Å². The molecule has 0 spiro atoms. The van der Waals surface area contributed by atoms with Crippen LogP contribution in [-0.4, -0.2) is 22.1 Å². The second-order valence-electron chi connectivity index (χ2n) is 6.13. The van der Waals surface area contributed by atoms with Crippen LogP contribution in [0.3, 0.4) is 0 Å². The molecular weight excluding hydrogens is 432 g/mol. The average molecular weight is 445 g/mol. The normalized spacial score (nSPS) is 11.8. The molecule has 3 rings (SSSR count). The molecule has 0 bridgehead atoms. The maximum absolute atomic E-state index is 13.1. The molecule has 0 saturated heterocycles. The lowest BCUT2D eigenvalue weighted by molar-refractivity contribution is -0.274. The first-order valence-electron chi connectivity index (χ1n) is 8.47. The van der Waals surface area contributed by atoms with Gasteiger partial charge in [0.1, 0.15) is 11.5 Å². The van der Waals surface area contributed by atoms with Gasteiger partial charge in [-0.25, -0.2) is 0 Å². The fraction of sp³-hybridized carbons (Fsp3) is 0.158. The van der Waals surface area contributed by atoms with Gasteiger partial charge in [-0.3, -0.25) is 9.48 Å². The van der Waals surface area contributed by atoms with Crippen LogP contribution in [0.15, 0.2) is 54.7 Å². The van der Waals surface area contributed by atoms with Gasteiger partial charge in [0.25, 0.3) is 5.91 Å². The summed E-state index contributed by atoms with van der Waals surface area (Å²) in [5.41, 5.74) is -1.98. The third-order valence-corrected chi connectivity index (χ3v) is 3.76. The molecule has 0 atom stereocenters. The number of aryl methyl sites for hydroxylation is 1. The Balaban J connectivity index is 1.79. The van der Waals surface area contributed by atoms with Crippen molar-refractivity contribution < 1.29 is 40.6 Å². The number of rotatable bonds is 5. The molecule has 1 heterocycles. The van der Waals surface area contributed by atoms with E-state index in [9.17, 15) is 31.1 Å². The molecule has 3 aromatic rings. The Hall–Kier alpha value is -3.70. The SMILES string of the molecule is Cn1cc(C(=O)Nc2ccccc2Oc2ccc(OC(F)(F)F)cc2)c(C(F)(F)F)n1. The number of alkyl halides is 6. The van der Waals surface area contributed by atoms with E-state index in [4.69, 9.17) is 4.74 Å². The predicted octanol–water partition coefficient (Wildman–Crippen LogP) is 5.38. The minimum Gasteiger partial charge on any atom is -0.455 e. The molecule has 1 N–H and O–H groups in total. The number of hydrogen-bond acceptors (Lipinski definition) is 4. The summed E-state index contributed by atoms with van der Waals surface area (Å²) in [6.45, 7) is 0. The second kappa shape index (κ2) is 8.20. The highest BCUT2D eigenvalue weighted by Gasteiger charge is 2.39. The van der Waals surface area contributed by atoms with Gasteiger partial charge in [0.2, 0.25) is 0 Å². The van der Waals surface area contributed by atoms with Crippen molar-refractivity contribution in [2.75, 3.05) is 5.32 Å². The summed E-state index contributed by atoms with van der Waals surface area (Å²) in [6, 6.07) is 10.3. The van der Waals surface area contributed by atoms with Gasteiger partial charge in [-0.05, 0) is 36.4 Å². The zero-order chi connectivity index (χ0) is 22.8. The highest BCUT2D eigenvalue weighted by Crippen LogP contribution is 2.34. The average Bonchev–Trinajstić information content (AvgIpc) is 3.06. The molecule has 164 valence electrons. The zero-order valence-corrected chi connectivity index (χ0v) is 15.6. The lowest BCUT2D eigenvalue weighted by Crippen LogP contribution is -2.18. The molecule has 0 aliphatic rings. The van der Waals surface area contributed by atoms with Gasteiger partial charge in [-0.1, -0.05) is 12.1 Å². The highest BCUT2D eigenvalue weighted by atomic mass is 19.4. The van der Waals surface area contributed by atoms with Crippen LogP contribution in [0.5, 0.6) is 17.2 Å². The van der Waals surface area contributed by atoms with Crippen LogP contribution < -0.4 is 14.8 Å². The van der Waals surface area contributed by atoms with Crippen LogP contribution in [0.2, 0.25) is 0 Å². The Morgan fingerprint density at radius 1 is 0.968 bits per heavy atom. The van der Waals surface area contributed by atoms with E-state index in [1.165, 1.54) is 43.4 Å². The molecule has 0 saturated carbocycles. The van der Waals surface area contributed by atoms with Crippen molar-refractivity contribution in [3.63, 3.8) is 0 Å². The van der Waals surface area contributed by atoms with E-state index in [-0.39, 0.29) is 17.2 Å².